The third-order valence-corrected chi connectivity index (χ3v) is 1.16. The Hall–Kier alpha value is -0.490. The number of nitrogens with two attached hydrogens (primary N) is 1. The van der Waals surface area contributed by atoms with Crippen LogP contribution in [0, 0.1) is 5.41 Å². The Morgan fingerprint density at radius 2 is 1.90 bits per heavy atom. The van der Waals surface area contributed by atoms with Crippen LogP contribution in [-0.2, 0) is 0 Å². The van der Waals surface area contributed by atoms with E-state index in [1.165, 1.54) is 0 Å². The highest BCUT2D eigenvalue weighted by atomic mass is 16.4. The van der Waals surface area contributed by atoms with Crippen molar-refractivity contribution in [1.29, 1.82) is 5.41 Å². The van der Waals surface area contributed by atoms with Crippen LogP contribution in [0.4, 0.5) is 0 Å². The molecule has 0 aromatic heterocycles. The van der Waals surface area contributed by atoms with Gasteiger partial charge in [0.25, 0.3) is 0 Å². The fourth-order valence-corrected chi connectivity index (χ4v) is 0.466. The van der Waals surface area contributed by atoms with Gasteiger partial charge >= 0.3 is 0 Å². The summed E-state index contributed by atoms with van der Waals surface area (Å²) in [7, 11) is 0. The van der Waals surface area contributed by atoms with Crippen LogP contribution in [0.15, 0.2) is 0 Å². The first-order valence-electron chi connectivity index (χ1n) is 2.88. The molecule has 0 aromatic rings. The summed E-state index contributed by atoms with van der Waals surface area (Å²) < 4.78 is 0. The first-order chi connectivity index (χ1) is 4.63. The van der Waals surface area contributed by atoms with Gasteiger partial charge in [-0.1, -0.05) is 0 Å². The van der Waals surface area contributed by atoms with E-state index in [-0.39, 0.29) is 6.54 Å². The van der Waals surface area contributed by atoms with E-state index in [1.807, 2.05) is 0 Å². The highest BCUT2D eigenvalue weighted by Crippen LogP contribution is 1.95. The van der Waals surface area contributed by atoms with Crippen molar-refractivity contribution < 1.29 is 15.3 Å². The smallest absolute Gasteiger partial charge is 0.117 e. The molecule has 0 bridgehead atoms. The molecule has 5 heteroatoms. The maximum atomic E-state index is 8.85. The summed E-state index contributed by atoms with van der Waals surface area (Å²) >= 11 is 0. The third-order valence-electron chi connectivity index (χ3n) is 1.16. The number of rotatable bonds is 4. The zero-order valence-corrected chi connectivity index (χ0v) is 5.44. The van der Waals surface area contributed by atoms with Crippen LogP contribution < -0.4 is 5.73 Å². The Balaban J connectivity index is 3.80. The fourth-order valence-electron chi connectivity index (χ4n) is 0.466. The van der Waals surface area contributed by atoms with Gasteiger partial charge in [-0.25, -0.2) is 0 Å². The van der Waals surface area contributed by atoms with Crippen LogP contribution in [0.25, 0.3) is 0 Å². The Labute approximate surface area is 58.6 Å². The molecule has 0 aromatic carbocycles. The average molecular weight is 148 g/mol. The number of hydrogen-bond acceptors (Lipinski definition) is 5. The highest BCUT2D eigenvalue weighted by molar-refractivity contribution is 5.59. The van der Waals surface area contributed by atoms with Crippen molar-refractivity contribution >= 4 is 6.21 Å². The zero-order chi connectivity index (χ0) is 8.15. The lowest BCUT2D eigenvalue weighted by Gasteiger charge is -2.17. The zero-order valence-electron chi connectivity index (χ0n) is 5.44. The molecule has 60 valence electrons. The molecular weight excluding hydrogens is 136 g/mol. The first-order valence-corrected chi connectivity index (χ1v) is 2.88. The lowest BCUT2D eigenvalue weighted by molar-refractivity contribution is -0.0283. The first kappa shape index (κ1) is 9.51. The van der Waals surface area contributed by atoms with Crippen molar-refractivity contribution in [3.8, 4) is 0 Å². The van der Waals surface area contributed by atoms with E-state index in [1.54, 1.807) is 0 Å². The molecule has 6 N–H and O–H groups in total. The predicted octanol–water partition coefficient (Wildman–Crippen LogP) is -2.32. The Morgan fingerprint density at radius 3 is 2.20 bits per heavy atom. The Bertz CT molecular complexity index is 109. The Kier molecular flexibility index (Phi) is 4.13. The summed E-state index contributed by atoms with van der Waals surface area (Å²) in [6.07, 6.45) is -3.22. The highest BCUT2D eigenvalue weighted by Gasteiger charge is 2.21. The number of nitrogens with one attached hydrogen (secondary N) is 1. The van der Waals surface area contributed by atoms with E-state index >= 15 is 0 Å². The van der Waals surface area contributed by atoms with Gasteiger partial charge in [0.2, 0.25) is 0 Å². The molecule has 3 atom stereocenters. The molecular formula is C5H12N2O3. The van der Waals surface area contributed by atoms with Crippen LogP contribution in [0.5, 0.6) is 0 Å². The van der Waals surface area contributed by atoms with E-state index in [0.717, 1.165) is 0 Å². The predicted molar refractivity (Wildman–Crippen MR) is 35.9 cm³/mol. The Morgan fingerprint density at radius 1 is 1.40 bits per heavy atom. The van der Waals surface area contributed by atoms with E-state index in [4.69, 9.17) is 26.5 Å². The molecule has 0 aliphatic rings. The third kappa shape index (κ3) is 2.40. The normalized spacial score (nSPS) is 19.6. The topological polar surface area (TPSA) is 111 Å². The second kappa shape index (κ2) is 4.35. The molecule has 0 rings (SSSR count). The van der Waals surface area contributed by atoms with Crippen molar-refractivity contribution in [2.24, 2.45) is 5.73 Å². The van der Waals surface area contributed by atoms with Gasteiger partial charge in [-0.05, 0) is 0 Å². The van der Waals surface area contributed by atoms with Crippen LogP contribution in [-0.4, -0.2) is 46.4 Å². The van der Waals surface area contributed by atoms with Crippen molar-refractivity contribution in [1.82, 2.24) is 0 Å². The number of hydrogen-bond donors (Lipinski definition) is 5. The van der Waals surface area contributed by atoms with Crippen molar-refractivity contribution in [2.45, 2.75) is 18.3 Å². The SMILES string of the molecule is N=C[C@@H](O)[C@H](O)C(O)CN. The summed E-state index contributed by atoms with van der Waals surface area (Å²) in [4.78, 5) is 0. The van der Waals surface area contributed by atoms with Crippen LogP contribution in [0.2, 0.25) is 0 Å². The molecule has 0 heterocycles. The van der Waals surface area contributed by atoms with Gasteiger partial charge in [0.05, 0.1) is 6.10 Å². The van der Waals surface area contributed by atoms with E-state index in [2.05, 4.69) is 0 Å². The van der Waals surface area contributed by atoms with Crippen LogP contribution in [0.1, 0.15) is 0 Å². The lowest BCUT2D eigenvalue weighted by atomic mass is 10.1. The molecule has 10 heavy (non-hydrogen) atoms. The minimum Gasteiger partial charge on any atom is -0.389 e. The van der Waals surface area contributed by atoms with Gasteiger partial charge in [-0.2, -0.15) is 0 Å². The fraction of sp³-hybridized carbons (Fsp3) is 0.800. The summed E-state index contributed by atoms with van der Waals surface area (Å²) in [6, 6.07) is 0. The molecule has 0 saturated carbocycles. The van der Waals surface area contributed by atoms with Crippen LogP contribution >= 0.6 is 0 Å². The largest absolute Gasteiger partial charge is 0.389 e. The van der Waals surface area contributed by atoms with Crippen molar-refractivity contribution in [3.05, 3.63) is 0 Å². The van der Waals surface area contributed by atoms with Crippen molar-refractivity contribution in [2.75, 3.05) is 6.54 Å². The molecule has 0 aliphatic heterocycles. The minimum atomic E-state index is -1.36. The monoisotopic (exact) mass is 148 g/mol. The molecule has 0 spiro atoms. The molecule has 0 amide bonds. The van der Waals surface area contributed by atoms with Gasteiger partial charge in [-0.3, -0.25) is 0 Å². The molecule has 1 unspecified atom stereocenters. The molecule has 0 aliphatic carbocycles. The minimum absolute atomic E-state index is 0.133. The van der Waals surface area contributed by atoms with Gasteiger partial charge in [0, 0.05) is 12.8 Å². The molecule has 0 fully saturated rings. The van der Waals surface area contributed by atoms with E-state index < -0.39 is 18.3 Å². The maximum Gasteiger partial charge on any atom is 0.117 e. The van der Waals surface area contributed by atoms with Gasteiger partial charge < -0.3 is 26.5 Å². The van der Waals surface area contributed by atoms with Gasteiger partial charge in [0.1, 0.15) is 12.2 Å². The van der Waals surface area contributed by atoms with E-state index in [9.17, 15) is 0 Å². The molecule has 0 saturated heterocycles. The van der Waals surface area contributed by atoms with E-state index in [0.29, 0.717) is 6.21 Å². The second-order valence-corrected chi connectivity index (χ2v) is 1.95. The summed E-state index contributed by atoms with van der Waals surface area (Å²) in [5, 5.41) is 32.9. The lowest BCUT2D eigenvalue weighted by Crippen LogP contribution is -2.42. The second-order valence-electron chi connectivity index (χ2n) is 1.95. The number of aliphatic hydroxyl groups is 3. The summed E-state index contributed by atoms with van der Waals surface area (Å²) in [6.45, 7) is -0.133. The number of aliphatic hydroxyl groups excluding tert-OH is 3. The summed E-state index contributed by atoms with van der Waals surface area (Å²) in [5.74, 6) is 0. The molecule has 0 radical (unpaired) electrons. The average Bonchev–Trinajstić information content (AvgIpc) is 2.00. The van der Waals surface area contributed by atoms with Gasteiger partial charge in [0.15, 0.2) is 0 Å². The van der Waals surface area contributed by atoms with Gasteiger partial charge in [-0.15, -0.1) is 0 Å². The summed E-state index contributed by atoms with van der Waals surface area (Å²) in [5.41, 5.74) is 4.97. The van der Waals surface area contributed by atoms with Crippen molar-refractivity contribution in [3.63, 3.8) is 0 Å². The quantitative estimate of drug-likeness (QED) is 0.288. The standard InChI is InChI=1S/C5H12N2O3/c6-1-3(8)5(10)4(9)2-7/h1,3-6,8-10H,2,7H2/t3-,4?,5+/m1/s1. The van der Waals surface area contributed by atoms with Crippen LogP contribution in [0.3, 0.4) is 0 Å². The molecule has 5 nitrogen and oxygen atoms in total. The maximum absolute atomic E-state index is 8.85.